The summed E-state index contributed by atoms with van der Waals surface area (Å²) in [6.07, 6.45) is 7.61. The van der Waals surface area contributed by atoms with Crippen molar-refractivity contribution in [2.24, 2.45) is 5.73 Å². The van der Waals surface area contributed by atoms with Crippen molar-refractivity contribution < 1.29 is 4.74 Å². The number of hydrogen-bond acceptors (Lipinski definition) is 2. The van der Waals surface area contributed by atoms with Gasteiger partial charge in [0.1, 0.15) is 5.75 Å². The Bertz CT molecular complexity index is 439. The molecule has 1 heterocycles. The van der Waals surface area contributed by atoms with Crippen LogP contribution < -0.4 is 10.5 Å². The summed E-state index contributed by atoms with van der Waals surface area (Å²) < 4.78 is 5.73. The Kier molecular flexibility index (Phi) is 5.09. The second-order valence-electron chi connectivity index (χ2n) is 6.74. The van der Waals surface area contributed by atoms with Crippen molar-refractivity contribution in [3.8, 4) is 5.75 Å². The molecule has 1 atom stereocenters. The average molecular weight is 275 g/mol. The van der Waals surface area contributed by atoms with E-state index in [9.17, 15) is 0 Å². The van der Waals surface area contributed by atoms with Crippen molar-refractivity contribution in [1.82, 2.24) is 0 Å². The molecule has 2 nitrogen and oxygen atoms in total. The number of benzene rings is 1. The van der Waals surface area contributed by atoms with Gasteiger partial charge in [-0.3, -0.25) is 0 Å². The molecule has 0 spiro atoms. The minimum Gasteiger partial charge on any atom is -0.492 e. The van der Waals surface area contributed by atoms with Gasteiger partial charge in [0.15, 0.2) is 0 Å². The van der Waals surface area contributed by atoms with Crippen LogP contribution >= 0.6 is 0 Å². The van der Waals surface area contributed by atoms with E-state index in [0.717, 1.165) is 18.8 Å². The van der Waals surface area contributed by atoms with Gasteiger partial charge in [0, 0.05) is 17.0 Å². The number of unbranched alkanes of at least 4 members (excludes halogenated alkanes) is 4. The maximum atomic E-state index is 6.35. The molecule has 0 amide bonds. The molecule has 1 aliphatic heterocycles. The largest absolute Gasteiger partial charge is 0.492 e. The van der Waals surface area contributed by atoms with E-state index in [0.29, 0.717) is 0 Å². The van der Waals surface area contributed by atoms with E-state index in [1.165, 1.54) is 43.2 Å². The van der Waals surface area contributed by atoms with Crippen LogP contribution in [-0.4, -0.2) is 6.61 Å². The van der Waals surface area contributed by atoms with Crippen LogP contribution in [-0.2, 0) is 5.41 Å². The Labute approximate surface area is 123 Å². The van der Waals surface area contributed by atoms with Crippen LogP contribution in [0.5, 0.6) is 5.75 Å². The number of nitrogens with two attached hydrogens (primary N) is 1. The predicted molar refractivity (Wildman–Crippen MR) is 85.3 cm³/mol. The Balaban J connectivity index is 1.93. The first-order chi connectivity index (χ1) is 9.54. The van der Waals surface area contributed by atoms with E-state index in [-0.39, 0.29) is 11.5 Å². The summed E-state index contributed by atoms with van der Waals surface area (Å²) in [6, 6.07) is 6.66. The van der Waals surface area contributed by atoms with Crippen molar-refractivity contribution in [1.29, 1.82) is 0 Å². The number of ether oxygens (including phenoxy) is 1. The van der Waals surface area contributed by atoms with Crippen molar-refractivity contribution in [2.75, 3.05) is 6.61 Å². The van der Waals surface area contributed by atoms with Gasteiger partial charge >= 0.3 is 0 Å². The fourth-order valence-corrected chi connectivity index (χ4v) is 2.90. The third-order valence-electron chi connectivity index (χ3n) is 4.37. The summed E-state index contributed by atoms with van der Waals surface area (Å²) in [4.78, 5) is 0. The molecule has 112 valence electrons. The fourth-order valence-electron chi connectivity index (χ4n) is 2.90. The molecule has 0 fully saturated rings. The van der Waals surface area contributed by atoms with E-state index < -0.39 is 0 Å². The molecular formula is C18H29NO. The zero-order chi connectivity index (χ0) is 14.6. The Morgan fingerprint density at radius 1 is 1.20 bits per heavy atom. The lowest BCUT2D eigenvalue weighted by atomic mass is 9.85. The lowest BCUT2D eigenvalue weighted by molar-refractivity contribution is 0.291. The molecule has 0 bridgehead atoms. The third-order valence-corrected chi connectivity index (χ3v) is 4.37. The highest BCUT2D eigenvalue weighted by Gasteiger charge is 2.32. The van der Waals surface area contributed by atoms with Gasteiger partial charge < -0.3 is 10.5 Å². The summed E-state index contributed by atoms with van der Waals surface area (Å²) in [5, 5.41) is 0. The van der Waals surface area contributed by atoms with Gasteiger partial charge in [-0.1, -0.05) is 58.9 Å². The summed E-state index contributed by atoms with van der Waals surface area (Å²) in [5.41, 5.74) is 9.05. The molecule has 2 heteroatoms. The monoisotopic (exact) mass is 275 g/mol. The van der Waals surface area contributed by atoms with Crippen LogP contribution in [0.1, 0.15) is 76.5 Å². The van der Waals surface area contributed by atoms with E-state index in [1.54, 1.807) is 0 Å². The standard InChI is InChI=1S/C18H29NO/c1-4-5-6-7-8-9-16(19)14-10-11-17-15(12-14)18(2,3)13-20-17/h10-12,16H,4-9,13,19H2,1-3H3. The summed E-state index contributed by atoms with van der Waals surface area (Å²) in [6.45, 7) is 7.50. The quantitative estimate of drug-likeness (QED) is 0.731. The van der Waals surface area contributed by atoms with Crippen LogP contribution in [0.3, 0.4) is 0 Å². The highest BCUT2D eigenvalue weighted by atomic mass is 16.5. The van der Waals surface area contributed by atoms with E-state index in [2.05, 4.69) is 39.0 Å². The minimum atomic E-state index is 0.117. The summed E-state index contributed by atoms with van der Waals surface area (Å²) in [7, 11) is 0. The van der Waals surface area contributed by atoms with E-state index >= 15 is 0 Å². The zero-order valence-electron chi connectivity index (χ0n) is 13.2. The Morgan fingerprint density at radius 2 is 1.95 bits per heavy atom. The van der Waals surface area contributed by atoms with Gasteiger partial charge in [-0.15, -0.1) is 0 Å². The molecule has 1 aliphatic rings. The van der Waals surface area contributed by atoms with Crippen LogP contribution in [0.4, 0.5) is 0 Å². The van der Waals surface area contributed by atoms with E-state index in [1.807, 2.05) is 0 Å². The summed E-state index contributed by atoms with van der Waals surface area (Å²) >= 11 is 0. The molecule has 0 saturated heterocycles. The SMILES string of the molecule is CCCCCCCC(N)c1ccc2c(c1)C(C)(C)CO2. The Hall–Kier alpha value is -1.02. The number of hydrogen-bond donors (Lipinski definition) is 1. The molecule has 1 aromatic rings. The molecule has 1 unspecified atom stereocenters. The smallest absolute Gasteiger partial charge is 0.123 e. The van der Waals surface area contributed by atoms with Crippen LogP contribution in [0.2, 0.25) is 0 Å². The van der Waals surface area contributed by atoms with Crippen molar-refractivity contribution >= 4 is 0 Å². The predicted octanol–water partition coefficient (Wildman–Crippen LogP) is 4.72. The topological polar surface area (TPSA) is 35.2 Å². The molecular weight excluding hydrogens is 246 g/mol. The van der Waals surface area contributed by atoms with Gasteiger partial charge in [-0.2, -0.15) is 0 Å². The summed E-state index contributed by atoms with van der Waals surface area (Å²) in [5.74, 6) is 1.04. The molecule has 20 heavy (non-hydrogen) atoms. The lowest BCUT2D eigenvalue weighted by Crippen LogP contribution is -2.19. The molecule has 2 N–H and O–H groups in total. The zero-order valence-corrected chi connectivity index (χ0v) is 13.2. The van der Waals surface area contributed by atoms with Crippen LogP contribution in [0.15, 0.2) is 18.2 Å². The second kappa shape index (κ2) is 6.62. The highest BCUT2D eigenvalue weighted by Crippen LogP contribution is 2.39. The minimum absolute atomic E-state index is 0.117. The first-order valence-electron chi connectivity index (χ1n) is 8.07. The fraction of sp³-hybridized carbons (Fsp3) is 0.667. The molecule has 1 aromatic carbocycles. The Morgan fingerprint density at radius 3 is 2.70 bits per heavy atom. The second-order valence-corrected chi connectivity index (χ2v) is 6.74. The normalized spacial score (nSPS) is 17.6. The van der Waals surface area contributed by atoms with Gasteiger partial charge in [0.25, 0.3) is 0 Å². The van der Waals surface area contributed by atoms with E-state index in [4.69, 9.17) is 10.5 Å². The third kappa shape index (κ3) is 3.54. The van der Waals surface area contributed by atoms with Crippen molar-refractivity contribution in [2.45, 2.75) is 70.8 Å². The maximum Gasteiger partial charge on any atom is 0.123 e. The molecule has 0 aromatic heterocycles. The number of fused-ring (bicyclic) bond motifs is 1. The van der Waals surface area contributed by atoms with Gasteiger partial charge in [0.05, 0.1) is 6.61 Å². The van der Waals surface area contributed by atoms with Gasteiger partial charge in [0.2, 0.25) is 0 Å². The first kappa shape index (κ1) is 15.4. The molecule has 2 rings (SSSR count). The maximum absolute atomic E-state index is 6.35. The van der Waals surface area contributed by atoms with Gasteiger partial charge in [-0.05, 0) is 24.1 Å². The molecule has 0 saturated carbocycles. The molecule has 0 aliphatic carbocycles. The average Bonchev–Trinajstić information content (AvgIpc) is 2.74. The number of rotatable bonds is 7. The first-order valence-corrected chi connectivity index (χ1v) is 8.07. The van der Waals surface area contributed by atoms with Crippen LogP contribution in [0.25, 0.3) is 0 Å². The molecule has 0 radical (unpaired) electrons. The van der Waals surface area contributed by atoms with Gasteiger partial charge in [-0.25, -0.2) is 0 Å². The van der Waals surface area contributed by atoms with Crippen LogP contribution in [0, 0.1) is 0 Å². The highest BCUT2D eigenvalue weighted by molar-refractivity contribution is 5.45. The van der Waals surface area contributed by atoms with Crippen molar-refractivity contribution in [3.05, 3.63) is 29.3 Å². The lowest BCUT2D eigenvalue weighted by Gasteiger charge is -2.18. The van der Waals surface area contributed by atoms with Crippen molar-refractivity contribution in [3.63, 3.8) is 0 Å².